The molecule has 1 aromatic rings. The van der Waals surface area contributed by atoms with Gasteiger partial charge in [0.2, 0.25) is 11.5 Å². The molecule has 3 rings (SSSR count). The fraction of sp³-hybridized carbons (Fsp3) is 0.364. The number of ether oxygens (including phenoxy) is 1. The molecule has 2 heterocycles. The fourth-order valence-corrected chi connectivity index (χ4v) is 2.40. The molecule has 1 saturated heterocycles. The Kier molecular flexibility index (Phi) is 1.82. The Hall–Kier alpha value is -1.06. The van der Waals surface area contributed by atoms with Crippen LogP contribution in [-0.4, -0.2) is 18.1 Å². The van der Waals surface area contributed by atoms with Crippen molar-refractivity contribution in [2.75, 3.05) is 11.9 Å². The molecule has 0 aromatic heterocycles. The second-order valence-electron chi connectivity index (χ2n) is 3.92. The Morgan fingerprint density at radius 1 is 1.47 bits per heavy atom. The van der Waals surface area contributed by atoms with Gasteiger partial charge in [-0.2, -0.15) is 0 Å². The number of ketones is 1. The van der Waals surface area contributed by atoms with Gasteiger partial charge in [0.15, 0.2) is 0 Å². The average Bonchev–Trinajstić information content (AvgIpc) is 2.76. The quantitative estimate of drug-likeness (QED) is 0.734. The molecule has 15 heavy (non-hydrogen) atoms. The molecule has 0 saturated carbocycles. The van der Waals surface area contributed by atoms with Gasteiger partial charge in [0.25, 0.3) is 0 Å². The number of hydrogen-bond donors (Lipinski definition) is 1. The number of rotatable bonds is 0. The maximum absolute atomic E-state index is 12.1. The van der Waals surface area contributed by atoms with Crippen molar-refractivity contribution in [2.45, 2.75) is 18.6 Å². The Labute approximate surface area is 92.4 Å². The van der Waals surface area contributed by atoms with Crippen LogP contribution in [0, 0.1) is 0 Å². The maximum atomic E-state index is 12.1. The Bertz CT molecular complexity index is 438. The predicted octanol–water partition coefficient (Wildman–Crippen LogP) is 2.45. The van der Waals surface area contributed by atoms with E-state index in [0.29, 0.717) is 17.2 Å². The number of fused-ring (bicyclic) bond motifs is 1. The lowest BCUT2D eigenvalue weighted by Crippen LogP contribution is -2.40. The fourth-order valence-electron chi connectivity index (χ4n) is 2.23. The van der Waals surface area contributed by atoms with E-state index in [1.54, 1.807) is 18.2 Å². The average molecular weight is 224 g/mol. The highest BCUT2D eigenvalue weighted by Crippen LogP contribution is 2.40. The summed E-state index contributed by atoms with van der Waals surface area (Å²) >= 11 is 5.87. The lowest BCUT2D eigenvalue weighted by Gasteiger charge is -2.21. The van der Waals surface area contributed by atoms with Crippen LogP contribution >= 0.6 is 11.6 Å². The SMILES string of the molecule is O=C1c2ccc(Cl)cc2NC12CCCO2. The summed E-state index contributed by atoms with van der Waals surface area (Å²) in [6.45, 7) is 0.639. The van der Waals surface area contributed by atoms with E-state index in [1.165, 1.54) is 0 Å². The van der Waals surface area contributed by atoms with E-state index < -0.39 is 5.72 Å². The Balaban J connectivity index is 2.08. The number of halogens is 1. The molecule has 2 aliphatic rings. The summed E-state index contributed by atoms with van der Waals surface area (Å²) in [7, 11) is 0. The van der Waals surface area contributed by atoms with Crippen LogP contribution in [0.2, 0.25) is 5.02 Å². The molecule has 1 unspecified atom stereocenters. The summed E-state index contributed by atoms with van der Waals surface area (Å²) in [5.41, 5.74) is 0.670. The number of hydrogen-bond acceptors (Lipinski definition) is 3. The minimum atomic E-state index is -0.799. The first kappa shape index (κ1) is 9.19. The molecule has 1 N–H and O–H groups in total. The van der Waals surface area contributed by atoms with Gasteiger partial charge in [-0.1, -0.05) is 11.6 Å². The molecule has 3 nitrogen and oxygen atoms in total. The number of anilines is 1. The lowest BCUT2D eigenvalue weighted by atomic mass is 10.0. The van der Waals surface area contributed by atoms with Crippen LogP contribution in [0.25, 0.3) is 0 Å². The van der Waals surface area contributed by atoms with Crippen LogP contribution in [0.5, 0.6) is 0 Å². The van der Waals surface area contributed by atoms with Crippen molar-refractivity contribution in [3.63, 3.8) is 0 Å². The summed E-state index contributed by atoms with van der Waals surface area (Å²) in [5, 5.41) is 3.77. The van der Waals surface area contributed by atoms with E-state index in [2.05, 4.69) is 5.32 Å². The van der Waals surface area contributed by atoms with E-state index >= 15 is 0 Å². The number of carbonyl (C=O) groups is 1. The highest BCUT2D eigenvalue weighted by Gasteiger charge is 2.48. The maximum Gasteiger partial charge on any atom is 0.217 e. The number of benzene rings is 1. The molecule has 1 aromatic carbocycles. The molecule has 4 heteroatoms. The van der Waals surface area contributed by atoms with Gasteiger partial charge >= 0.3 is 0 Å². The van der Waals surface area contributed by atoms with Crippen LogP contribution < -0.4 is 5.32 Å². The van der Waals surface area contributed by atoms with Gasteiger partial charge in [-0.15, -0.1) is 0 Å². The minimum Gasteiger partial charge on any atom is -0.350 e. The largest absolute Gasteiger partial charge is 0.350 e. The van der Waals surface area contributed by atoms with Gasteiger partial charge < -0.3 is 10.1 Å². The number of Topliss-reactive ketones (excluding diaryl/α,β-unsaturated/α-hetero) is 1. The van der Waals surface area contributed by atoms with Crippen LogP contribution in [-0.2, 0) is 4.74 Å². The first-order valence-corrected chi connectivity index (χ1v) is 5.36. The van der Waals surface area contributed by atoms with Crippen LogP contribution in [0.3, 0.4) is 0 Å². The highest BCUT2D eigenvalue weighted by molar-refractivity contribution is 6.31. The van der Waals surface area contributed by atoms with Gasteiger partial charge in [0, 0.05) is 22.7 Å². The lowest BCUT2D eigenvalue weighted by molar-refractivity contribution is 0.0296. The summed E-state index contributed by atoms with van der Waals surface area (Å²) in [6, 6.07) is 5.25. The monoisotopic (exact) mass is 223 g/mol. The molecule has 0 bridgehead atoms. The summed E-state index contributed by atoms with van der Waals surface area (Å²) in [4.78, 5) is 12.1. The van der Waals surface area contributed by atoms with E-state index in [-0.39, 0.29) is 5.78 Å². The Morgan fingerprint density at radius 2 is 2.33 bits per heavy atom. The van der Waals surface area contributed by atoms with Gasteiger partial charge in [0.1, 0.15) is 0 Å². The van der Waals surface area contributed by atoms with Crippen LogP contribution in [0.1, 0.15) is 23.2 Å². The van der Waals surface area contributed by atoms with Crippen molar-refractivity contribution in [1.29, 1.82) is 0 Å². The highest BCUT2D eigenvalue weighted by atomic mass is 35.5. The zero-order valence-corrected chi connectivity index (χ0v) is 8.80. The second kappa shape index (κ2) is 2.97. The van der Waals surface area contributed by atoms with Crippen molar-refractivity contribution in [2.24, 2.45) is 0 Å². The van der Waals surface area contributed by atoms with Gasteiger partial charge in [-0.3, -0.25) is 4.79 Å². The molecule has 1 spiro atoms. The minimum absolute atomic E-state index is 0.0340. The third-order valence-corrected chi connectivity index (χ3v) is 3.19. The van der Waals surface area contributed by atoms with Crippen molar-refractivity contribution in [3.8, 4) is 0 Å². The molecule has 78 valence electrons. The molecular formula is C11H10ClNO2. The van der Waals surface area contributed by atoms with Crippen LogP contribution in [0.4, 0.5) is 5.69 Å². The number of nitrogens with one attached hydrogen (secondary N) is 1. The standard InChI is InChI=1S/C11H10ClNO2/c12-7-2-3-8-9(6-7)13-11(10(8)14)4-1-5-15-11/h2-3,6,13H,1,4-5H2. The molecule has 0 radical (unpaired) electrons. The molecule has 0 amide bonds. The van der Waals surface area contributed by atoms with Crippen LogP contribution in [0.15, 0.2) is 18.2 Å². The second-order valence-corrected chi connectivity index (χ2v) is 4.36. The van der Waals surface area contributed by atoms with Gasteiger partial charge in [-0.05, 0) is 24.6 Å². The normalized spacial score (nSPS) is 28.2. The summed E-state index contributed by atoms with van der Waals surface area (Å²) in [5.74, 6) is 0.0340. The van der Waals surface area contributed by atoms with E-state index in [1.807, 2.05) is 0 Å². The third kappa shape index (κ3) is 1.20. The molecular weight excluding hydrogens is 214 g/mol. The van der Waals surface area contributed by atoms with E-state index in [9.17, 15) is 4.79 Å². The first-order chi connectivity index (χ1) is 7.21. The topological polar surface area (TPSA) is 38.3 Å². The molecule has 1 fully saturated rings. The number of carbonyl (C=O) groups excluding carboxylic acids is 1. The van der Waals surface area contributed by atoms with E-state index in [0.717, 1.165) is 18.5 Å². The third-order valence-electron chi connectivity index (χ3n) is 2.95. The first-order valence-electron chi connectivity index (χ1n) is 4.98. The zero-order chi connectivity index (χ0) is 10.5. The van der Waals surface area contributed by atoms with Crippen molar-refractivity contribution >= 4 is 23.1 Å². The van der Waals surface area contributed by atoms with E-state index in [4.69, 9.17) is 16.3 Å². The summed E-state index contributed by atoms with van der Waals surface area (Å²) in [6.07, 6.45) is 1.65. The zero-order valence-electron chi connectivity index (χ0n) is 8.05. The molecule has 1 atom stereocenters. The summed E-state index contributed by atoms with van der Waals surface area (Å²) < 4.78 is 5.53. The smallest absolute Gasteiger partial charge is 0.217 e. The van der Waals surface area contributed by atoms with Crippen molar-refractivity contribution in [3.05, 3.63) is 28.8 Å². The Morgan fingerprint density at radius 3 is 3.07 bits per heavy atom. The van der Waals surface area contributed by atoms with Gasteiger partial charge in [0.05, 0.1) is 6.61 Å². The van der Waals surface area contributed by atoms with Gasteiger partial charge in [-0.25, -0.2) is 0 Å². The molecule has 0 aliphatic carbocycles. The van der Waals surface area contributed by atoms with Crippen molar-refractivity contribution in [1.82, 2.24) is 0 Å². The molecule has 2 aliphatic heterocycles. The predicted molar refractivity (Wildman–Crippen MR) is 57.3 cm³/mol. The van der Waals surface area contributed by atoms with Crippen molar-refractivity contribution < 1.29 is 9.53 Å².